The fraction of sp³-hybridized carbons (Fsp3) is 0.360. The maximum atomic E-state index is 12.8. The van der Waals surface area contributed by atoms with Crippen molar-refractivity contribution in [2.45, 2.75) is 51.6 Å². The van der Waals surface area contributed by atoms with E-state index in [4.69, 9.17) is 17.0 Å². The van der Waals surface area contributed by atoms with E-state index in [1.807, 2.05) is 36.4 Å². The second kappa shape index (κ2) is 9.52. The molecule has 1 aromatic heterocycles. The molecule has 0 unspecified atom stereocenters. The average Bonchev–Trinajstić information content (AvgIpc) is 3.32. The van der Waals surface area contributed by atoms with Gasteiger partial charge in [0.1, 0.15) is 5.75 Å². The molecule has 0 amide bonds. The smallest absolute Gasteiger partial charge is 0.253 e. The van der Waals surface area contributed by atoms with Gasteiger partial charge in [-0.3, -0.25) is 4.79 Å². The van der Waals surface area contributed by atoms with Crippen molar-refractivity contribution in [3.63, 3.8) is 0 Å². The summed E-state index contributed by atoms with van der Waals surface area (Å²) in [4.78, 5) is 18.1. The van der Waals surface area contributed by atoms with Gasteiger partial charge in [0.25, 0.3) is 5.56 Å². The van der Waals surface area contributed by atoms with E-state index in [9.17, 15) is 4.79 Å². The fourth-order valence-electron chi connectivity index (χ4n) is 4.27. The number of pyridine rings is 1. The molecule has 0 spiro atoms. The lowest BCUT2D eigenvalue weighted by Crippen LogP contribution is -2.42. The lowest BCUT2D eigenvalue weighted by atomic mass is 10.1. The van der Waals surface area contributed by atoms with E-state index in [2.05, 4.69) is 34.3 Å². The number of benzene rings is 2. The Morgan fingerprint density at radius 3 is 2.58 bits per heavy atom. The van der Waals surface area contributed by atoms with Gasteiger partial charge in [-0.15, -0.1) is 0 Å². The Bertz CT molecular complexity index is 1120. The van der Waals surface area contributed by atoms with Gasteiger partial charge >= 0.3 is 0 Å². The van der Waals surface area contributed by atoms with Crippen molar-refractivity contribution in [3.05, 3.63) is 70.0 Å². The Labute approximate surface area is 188 Å². The van der Waals surface area contributed by atoms with Gasteiger partial charge in [0.15, 0.2) is 5.11 Å². The number of anilines is 1. The SMILES string of the molecule is CCc1ccc2[nH]c(=O)c(CN(C(=S)Nc3ccc(OC)cc3)C3CCCC3)cc2c1. The molecular weight excluding hydrogens is 406 g/mol. The van der Waals surface area contributed by atoms with E-state index in [0.29, 0.717) is 17.7 Å². The number of aryl methyl sites for hydroxylation is 1. The highest BCUT2D eigenvalue weighted by Crippen LogP contribution is 2.26. The van der Waals surface area contributed by atoms with Gasteiger partial charge in [-0.1, -0.05) is 25.8 Å². The molecule has 0 radical (unpaired) electrons. The molecule has 0 atom stereocenters. The van der Waals surface area contributed by atoms with Crippen molar-refractivity contribution in [3.8, 4) is 5.75 Å². The molecule has 2 N–H and O–H groups in total. The van der Waals surface area contributed by atoms with Gasteiger partial charge in [-0.2, -0.15) is 0 Å². The number of rotatable bonds is 6. The second-order valence-corrected chi connectivity index (χ2v) is 8.51. The van der Waals surface area contributed by atoms with E-state index in [1.54, 1.807) is 7.11 Å². The summed E-state index contributed by atoms with van der Waals surface area (Å²) in [7, 11) is 1.65. The van der Waals surface area contributed by atoms with E-state index >= 15 is 0 Å². The monoisotopic (exact) mass is 435 g/mol. The molecular formula is C25H29N3O2S. The van der Waals surface area contributed by atoms with Crippen molar-refractivity contribution in [2.75, 3.05) is 12.4 Å². The van der Waals surface area contributed by atoms with Crippen molar-refractivity contribution >= 4 is 33.9 Å². The molecule has 1 fully saturated rings. The molecule has 162 valence electrons. The Morgan fingerprint density at radius 1 is 1.16 bits per heavy atom. The fourth-order valence-corrected chi connectivity index (χ4v) is 4.61. The third-order valence-corrected chi connectivity index (χ3v) is 6.44. The van der Waals surface area contributed by atoms with Gasteiger partial charge in [-0.05, 0) is 84.9 Å². The number of hydrogen-bond acceptors (Lipinski definition) is 3. The van der Waals surface area contributed by atoms with Gasteiger partial charge in [0.05, 0.1) is 13.7 Å². The highest BCUT2D eigenvalue weighted by atomic mass is 32.1. The first-order valence-electron chi connectivity index (χ1n) is 10.9. The van der Waals surface area contributed by atoms with Crippen LogP contribution in [0.25, 0.3) is 10.9 Å². The van der Waals surface area contributed by atoms with Crippen LogP contribution in [0.2, 0.25) is 0 Å². The van der Waals surface area contributed by atoms with Crippen LogP contribution in [0.1, 0.15) is 43.7 Å². The quantitative estimate of drug-likeness (QED) is 0.519. The van der Waals surface area contributed by atoms with Crippen LogP contribution in [-0.4, -0.2) is 28.1 Å². The third kappa shape index (κ3) is 4.90. The van der Waals surface area contributed by atoms with Crippen molar-refractivity contribution in [2.24, 2.45) is 0 Å². The molecule has 0 aliphatic heterocycles. The van der Waals surface area contributed by atoms with Crippen LogP contribution in [0.5, 0.6) is 5.75 Å². The number of aromatic nitrogens is 1. The first-order chi connectivity index (χ1) is 15.1. The molecule has 1 heterocycles. The first kappa shape index (κ1) is 21.4. The van der Waals surface area contributed by atoms with E-state index in [1.165, 1.54) is 18.4 Å². The zero-order valence-corrected chi connectivity index (χ0v) is 18.9. The number of H-pyrrole nitrogens is 1. The third-order valence-electron chi connectivity index (χ3n) is 6.10. The van der Waals surface area contributed by atoms with Crippen molar-refractivity contribution in [1.82, 2.24) is 9.88 Å². The largest absolute Gasteiger partial charge is 0.497 e. The molecule has 31 heavy (non-hydrogen) atoms. The molecule has 3 aromatic rings. The first-order valence-corrected chi connectivity index (χ1v) is 11.3. The van der Waals surface area contributed by atoms with E-state index in [0.717, 1.165) is 47.2 Å². The Morgan fingerprint density at radius 2 is 1.90 bits per heavy atom. The molecule has 6 heteroatoms. The van der Waals surface area contributed by atoms with E-state index in [-0.39, 0.29) is 5.56 Å². The Balaban J connectivity index is 1.61. The number of nitrogens with zero attached hydrogens (tertiary/aromatic N) is 1. The van der Waals surface area contributed by atoms with Crippen LogP contribution in [0.15, 0.2) is 53.3 Å². The molecule has 0 saturated heterocycles. The summed E-state index contributed by atoms with van der Waals surface area (Å²) in [5, 5.41) is 5.07. The summed E-state index contributed by atoms with van der Waals surface area (Å²) < 4.78 is 5.24. The van der Waals surface area contributed by atoms with Crippen LogP contribution in [0.3, 0.4) is 0 Å². The minimum atomic E-state index is -0.0491. The molecule has 1 aliphatic carbocycles. The molecule has 2 aromatic carbocycles. The highest BCUT2D eigenvalue weighted by molar-refractivity contribution is 7.80. The average molecular weight is 436 g/mol. The van der Waals surface area contributed by atoms with Crippen molar-refractivity contribution < 1.29 is 4.74 Å². The van der Waals surface area contributed by atoms with Gasteiger partial charge in [0, 0.05) is 22.8 Å². The molecule has 1 saturated carbocycles. The summed E-state index contributed by atoms with van der Waals surface area (Å²) in [5.41, 5.74) is 3.74. The summed E-state index contributed by atoms with van der Waals surface area (Å²) in [6, 6.07) is 16.3. The molecule has 0 bridgehead atoms. The van der Waals surface area contributed by atoms with Gasteiger partial charge < -0.3 is 19.9 Å². The van der Waals surface area contributed by atoms with Crippen LogP contribution in [-0.2, 0) is 13.0 Å². The van der Waals surface area contributed by atoms with Crippen molar-refractivity contribution in [1.29, 1.82) is 0 Å². The topological polar surface area (TPSA) is 57.4 Å². The lowest BCUT2D eigenvalue weighted by Gasteiger charge is -2.31. The number of fused-ring (bicyclic) bond motifs is 1. The number of nitrogens with one attached hydrogen (secondary N) is 2. The zero-order chi connectivity index (χ0) is 21.8. The second-order valence-electron chi connectivity index (χ2n) is 8.12. The molecule has 4 rings (SSSR count). The maximum Gasteiger partial charge on any atom is 0.253 e. The Hall–Kier alpha value is -2.86. The number of methoxy groups -OCH3 is 1. The highest BCUT2D eigenvalue weighted by Gasteiger charge is 2.25. The summed E-state index contributed by atoms with van der Waals surface area (Å²) >= 11 is 5.80. The standard InChI is InChI=1S/C25H29N3O2S/c1-3-17-8-13-23-18(14-17)15-19(24(29)27-23)16-28(21-6-4-5-7-21)25(31)26-20-9-11-22(30-2)12-10-20/h8-15,21H,3-7,16H2,1-2H3,(H,26,31)(H,27,29). The molecule has 5 nitrogen and oxygen atoms in total. The number of aromatic amines is 1. The van der Waals surface area contributed by atoms with Crippen LogP contribution >= 0.6 is 12.2 Å². The maximum absolute atomic E-state index is 12.8. The number of hydrogen-bond donors (Lipinski definition) is 2. The number of thiocarbonyl (C=S) groups is 1. The lowest BCUT2D eigenvalue weighted by molar-refractivity contribution is 0.311. The number of ether oxygens (including phenoxy) is 1. The Kier molecular flexibility index (Phi) is 6.56. The summed E-state index contributed by atoms with van der Waals surface area (Å²) in [5.74, 6) is 0.804. The minimum absolute atomic E-state index is 0.0491. The summed E-state index contributed by atoms with van der Waals surface area (Å²) in [6.07, 6.45) is 5.54. The van der Waals surface area contributed by atoms with E-state index < -0.39 is 0 Å². The normalized spacial score (nSPS) is 14.0. The predicted octanol–water partition coefficient (Wildman–Crippen LogP) is 5.24. The van der Waals surface area contributed by atoms with Crippen LogP contribution in [0, 0.1) is 0 Å². The molecule has 1 aliphatic rings. The summed E-state index contributed by atoms with van der Waals surface area (Å²) in [6.45, 7) is 2.63. The minimum Gasteiger partial charge on any atom is -0.497 e. The van der Waals surface area contributed by atoms with Gasteiger partial charge in [-0.25, -0.2) is 0 Å². The van der Waals surface area contributed by atoms with Crippen LogP contribution < -0.4 is 15.6 Å². The predicted molar refractivity (Wildman–Crippen MR) is 131 cm³/mol. The zero-order valence-electron chi connectivity index (χ0n) is 18.1. The van der Waals surface area contributed by atoms with Gasteiger partial charge in [0.2, 0.25) is 0 Å². The van der Waals surface area contributed by atoms with Crippen LogP contribution in [0.4, 0.5) is 5.69 Å².